The maximum Gasteiger partial charge on any atom is 0.00677 e. The summed E-state index contributed by atoms with van der Waals surface area (Å²) in [5, 5.41) is 2.50. The average molecular weight is 743 g/mol. The molecule has 0 aromatic heterocycles. The Hall–Kier alpha value is -6.24. The topological polar surface area (TPSA) is 0 Å². The third-order valence-corrected chi connectivity index (χ3v) is 9.97. The lowest BCUT2D eigenvalue weighted by Crippen LogP contribution is -2.32. The van der Waals surface area contributed by atoms with Gasteiger partial charge in [-0.2, -0.15) is 0 Å². The first-order chi connectivity index (χ1) is 28.1. The van der Waals surface area contributed by atoms with E-state index in [1.54, 1.807) is 0 Å². The number of hydrogen-bond acceptors (Lipinski definition) is 0. The fourth-order valence-corrected chi connectivity index (χ4v) is 7.00. The molecule has 57 heavy (non-hydrogen) atoms. The van der Waals surface area contributed by atoms with Crippen LogP contribution in [0.2, 0.25) is 0 Å². The van der Waals surface area contributed by atoms with Gasteiger partial charge in [-0.3, -0.25) is 0 Å². The van der Waals surface area contributed by atoms with Crippen LogP contribution in [0.25, 0.3) is 16.7 Å². The molecular formula is C57H58. The van der Waals surface area contributed by atoms with E-state index in [1.807, 2.05) is 12.2 Å². The third kappa shape index (κ3) is 13.2. The van der Waals surface area contributed by atoms with Gasteiger partial charge in [0.25, 0.3) is 0 Å². The van der Waals surface area contributed by atoms with Crippen LogP contribution in [0.5, 0.6) is 0 Å². The molecule has 0 heteroatoms. The van der Waals surface area contributed by atoms with Gasteiger partial charge >= 0.3 is 0 Å². The van der Waals surface area contributed by atoms with Crippen molar-refractivity contribution >= 4 is 16.7 Å². The molecule has 0 heterocycles. The molecule has 0 fully saturated rings. The van der Waals surface area contributed by atoms with Gasteiger partial charge in [0.15, 0.2) is 0 Å². The van der Waals surface area contributed by atoms with Crippen LogP contribution < -0.4 is 10.4 Å². The van der Waals surface area contributed by atoms with E-state index in [0.717, 1.165) is 48.8 Å². The highest BCUT2D eigenvalue weighted by atomic mass is 14.2. The quantitative estimate of drug-likeness (QED) is 0.142. The molecule has 5 rings (SSSR count). The zero-order valence-corrected chi connectivity index (χ0v) is 34.1. The standard InChI is InChI=1S/C57H58/c1-5-7-9-10-11-12-19-26-35-50(34-22-8-6-2)57(51-36-27-21-28-37-51)55-42-41-49(43-48-32-24-17-13-14-18-25-33-48)44-56(55)47(4)52-38-30-39-53(45-52)54-40-29-20-15-16-23-31-46(54)3/h6-9,11-13,15-36,38-42,44-45,51H,3,5,10,14,37,43H2,1-2,4H3/b8-6+,9-7-,12-11-,16-15-,17-13?,25-18-,26-19-,29-20-,31-23-,32-24-,34-22+,48-33-,50-35+,54-40+,56-47+,57-55-. The minimum atomic E-state index is 0.208. The molecule has 0 radical (unpaired) electrons. The molecule has 0 amide bonds. The highest BCUT2D eigenvalue weighted by Crippen LogP contribution is 2.29. The lowest BCUT2D eigenvalue weighted by Gasteiger charge is -2.20. The van der Waals surface area contributed by atoms with Gasteiger partial charge in [0.05, 0.1) is 0 Å². The molecule has 3 aliphatic rings. The molecule has 2 aromatic carbocycles. The van der Waals surface area contributed by atoms with Gasteiger partial charge in [0.2, 0.25) is 0 Å². The second-order valence-electron chi connectivity index (χ2n) is 14.2. The summed E-state index contributed by atoms with van der Waals surface area (Å²) in [5.41, 5.74) is 10.7. The minimum absolute atomic E-state index is 0.208. The van der Waals surface area contributed by atoms with Gasteiger partial charge in [-0.05, 0) is 113 Å². The zero-order chi connectivity index (χ0) is 39.9. The number of benzene rings is 2. The summed E-state index contributed by atoms with van der Waals surface area (Å²) in [6.45, 7) is 11.0. The van der Waals surface area contributed by atoms with E-state index in [2.05, 4.69) is 234 Å². The van der Waals surface area contributed by atoms with Crippen molar-refractivity contribution in [2.75, 3.05) is 0 Å². The van der Waals surface area contributed by atoms with Crippen LogP contribution in [0.3, 0.4) is 0 Å². The van der Waals surface area contributed by atoms with Gasteiger partial charge in [0.1, 0.15) is 0 Å². The van der Waals surface area contributed by atoms with E-state index in [-0.39, 0.29) is 5.92 Å². The number of rotatable bonds is 13. The fourth-order valence-electron chi connectivity index (χ4n) is 7.00. The Bertz CT molecular complexity index is 2340. The fraction of sp³-hybridized carbons (Fsp3) is 0.158. The highest BCUT2D eigenvalue weighted by molar-refractivity contribution is 5.84. The first-order valence-electron chi connectivity index (χ1n) is 20.4. The molecule has 0 saturated carbocycles. The van der Waals surface area contributed by atoms with Crippen molar-refractivity contribution in [1.29, 1.82) is 0 Å². The van der Waals surface area contributed by atoms with Gasteiger partial charge in [0, 0.05) is 5.92 Å². The van der Waals surface area contributed by atoms with Crippen LogP contribution in [-0.2, 0) is 6.42 Å². The minimum Gasteiger partial charge on any atom is -0.0911 e. The van der Waals surface area contributed by atoms with Gasteiger partial charge in [-0.25, -0.2) is 0 Å². The van der Waals surface area contributed by atoms with Crippen molar-refractivity contribution in [3.05, 3.63) is 269 Å². The summed E-state index contributed by atoms with van der Waals surface area (Å²) in [4.78, 5) is 0. The molecule has 0 nitrogen and oxygen atoms in total. The molecule has 0 bridgehead atoms. The second kappa shape index (κ2) is 23.6. The lowest BCUT2D eigenvalue weighted by molar-refractivity contribution is 0.837. The molecule has 0 saturated heterocycles. The van der Waals surface area contributed by atoms with Crippen LogP contribution in [0.4, 0.5) is 0 Å². The van der Waals surface area contributed by atoms with Crippen molar-refractivity contribution in [3.63, 3.8) is 0 Å². The largest absolute Gasteiger partial charge is 0.0911 e. The molecule has 286 valence electrons. The Morgan fingerprint density at radius 1 is 0.737 bits per heavy atom. The normalized spacial score (nSPS) is 23.3. The van der Waals surface area contributed by atoms with Crippen molar-refractivity contribution in [2.24, 2.45) is 5.92 Å². The Labute approximate surface area is 343 Å². The van der Waals surface area contributed by atoms with Crippen molar-refractivity contribution in [1.82, 2.24) is 0 Å². The molecule has 1 unspecified atom stereocenters. The summed E-state index contributed by atoms with van der Waals surface area (Å²) in [6.07, 6.45) is 67.7. The van der Waals surface area contributed by atoms with Crippen molar-refractivity contribution < 1.29 is 0 Å². The Balaban J connectivity index is 1.78. The summed E-state index contributed by atoms with van der Waals surface area (Å²) in [7, 11) is 0. The molecule has 0 spiro atoms. The van der Waals surface area contributed by atoms with Gasteiger partial charge in [-0.15, -0.1) is 0 Å². The van der Waals surface area contributed by atoms with Crippen LogP contribution >= 0.6 is 0 Å². The maximum atomic E-state index is 4.43. The molecular weight excluding hydrogens is 685 g/mol. The van der Waals surface area contributed by atoms with E-state index in [4.69, 9.17) is 0 Å². The van der Waals surface area contributed by atoms with Crippen LogP contribution in [0, 0.1) is 5.92 Å². The Morgan fingerprint density at radius 2 is 1.58 bits per heavy atom. The molecule has 1 atom stereocenters. The van der Waals surface area contributed by atoms with Crippen LogP contribution in [0.1, 0.15) is 63.1 Å². The van der Waals surface area contributed by atoms with Crippen LogP contribution in [0.15, 0.2) is 242 Å². The van der Waals surface area contributed by atoms with Crippen LogP contribution in [-0.4, -0.2) is 0 Å². The summed E-state index contributed by atoms with van der Waals surface area (Å²) in [6, 6.07) is 16.1. The molecule has 0 N–H and O–H groups in total. The highest BCUT2D eigenvalue weighted by Gasteiger charge is 2.17. The molecule has 3 aliphatic carbocycles. The first kappa shape index (κ1) is 41.9. The SMILES string of the molecule is C=C1\C=C/C=C\C=C/C=C\1c1cccc(/C(C)=c2\cc(CC3=C\C=C/CC=C/C=C\3)cc\c2=C(C(/C=C/C=C/C)=C/C=C\C=C/C/C=C\CC)\C2C=CC=CC2)c1. The number of allylic oxidation sites excluding steroid dienone is 33. The summed E-state index contributed by atoms with van der Waals surface area (Å²) in [5.74, 6) is 0.208. The van der Waals surface area contributed by atoms with Crippen molar-refractivity contribution in [2.45, 2.75) is 52.9 Å². The van der Waals surface area contributed by atoms with E-state index < -0.39 is 0 Å². The maximum absolute atomic E-state index is 4.43. The average Bonchev–Trinajstić information content (AvgIpc) is 3.44. The Morgan fingerprint density at radius 3 is 2.44 bits per heavy atom. The molecule has 2 aromatic rings. The van der Waals surface area contributed by atoms with E-state index >= 15 is 0 Å². The van der Waals surface area contributed by atoms with E-state index in [1.165, 1.54) is 43.9 Å². The predicted octanol–water partition coefficient (Wildman–Crippen LogP) is 13.9. The Kier molecular flexibility index (Phi) is 17.4. The first-order valence-corrected chi connectivity index (χ1v) is 20.4. The number of hydrogen-bond donors (Lipinski definition) is 0. The van der Waals surface area contributed by atoms with E-state index in [9.17, 15) is 0 Å². The summed E-state index contributed by atoms with van der Waals surface area (Å²) < 4.78 is 0. The smallest absolute Gasteiger partial charge is 0.00677 e. The van der Waals surface area contributed by atoms with Gasteiger partial charge in [-0.1, -0.05) is 226 Å². The monoisotopic (exact) mass is 742 g/mol. The van der Waals surface area contributed by atoms with E-state index in [0.29, 0.717) is 0 Å². The van der Waals surface area contributed by atoms with Gasteiger partial charge < -0.3 is 0 Å². The predicted molar refractivity (Wildman–Crippen MR) is 253 cm³/mol. The lowest BCUT2D eigenvalue weighted by atomic mass is 9.83. The third-order valence-electron chi connectivity index (χ3n) is 9.97. The molecule has 0 aliphatic heterocycles. The van der Waals surface area contributed by atoms with Crippen molar-refractivity contribution in [3.8, 4) is 0 Å². The second-order valence-corrected chi connectivity index (χ2v) is 14.2. The summed E-state index contributed by atoms with van der Waals surface area (Å²) >= 11 is 0. The zero-order valence-electron chi connectivity index (χ0n) is 34.1.